The molecule has 1 aromatic rings. The molecule has 21 heavy (non-hydrogen) atoms. The molecule has 0 amide bonds. The van der Waals surface area contributed by atoms with Gasteiger partial charge < -0.3 is 9.84 Å². The minimum Gasteiger partial charge on any atom is -0.465 e. The summed E-state index contributed by atoms with van der Waals surface area (Å²) >= 11 is 0. The molecule has 1 aliphatic carbocycles. The zero-order valence-corrected chi connectivity index (χ0v) is 12.6. The lowest BCUT2D eigenvalue weighted by Gasteiger charge is -2.13. The molecule has 0 bridgehead atoms. The van der Waals surface area contributed by atoms with Gasteiger partial charge in [0.05, 0.1) is 18.4 Å². The number of carbonyl (C=O) groups excluding carboxylic acids is 1. The molecule has 1 aliphatic rings. The lowest BCUT2D eigenvalue weighted by molar-refractivity contribution is 0.0600. The standard InChI is InChI=1S/C14H19NO5S/c1-20-13(17)12-4-2-3-11(7-12)8-21(18,19)15-9-14(10-16)5-6-14/h2-4,7,15-16H,5-6,8-10H2,1H3. The number of methoxy groups -OCH3 is 1. The summed E-state index contributed by atoms with van der Waals surface area (Å²) in [6.45, 7) is 0.246. The van der Waals surface area contributed by atoms with E-state index in [0.29, 0.717) is 11.1 Å². The van der Waals surface area contributed by atoms with Gasteiger partial charge in [0, 0.05) is 18.6 Å². The molecule has 1 saturated carbocycles. The van der Waals surface area contributed by atoms with E-state index in [0.717, 1.165) is 12.8 Å². The van der Waals surface area contributed by atoms with Crippen molar-refractivity contribution in [2.24, 2.45) is 5.41 Å². The summed E-state index contributed by atoms with van der Waals surface area (Å²) in [4.78, 5) is 11.4. The summed E-state index contributed by atoms with van der Waals surface area (Å²) in [5, 5.41) is 9.18. The fourth-order valence-electron chi connectivity index (χ4n) is 2.01. The highest BCUT2D eigenvalue weighted by Gasteiger charge is 2.42. The molecule has 6 nitrogen and oxygen atoms in total. The smallest absolute Gasteiger partial charge is 0.337 e. The van der Waals surface area contributed by atoms with Crippen LogP contribution in [0, 0.1) is 5.41 Å². The molecule has 0 aromatic heterocycles. The van der Waals surface area contributed by atoms with Crippen LogP contribution in [-0.4, -0.2) is 39.8 Å². The molecule has 116 valence electrons. The zero-order chi connectivity index (χ0) is 15.5. The number of sulfonamides is 1. The Kier molecular flexibility index (Phi) is 4.65. The van der Waals surface area contributed by atoms with E-state index in [9.17, 15) is 18.3 Å². The van der Waals surface area contributed by atoms with E-state index in [1.54, 1.807) is 18.2 Å². The van der Waals surface area contributed by atoms with Crippen LogP contribution in [-0.2, 0) is 20.5 Å². The third kappa shape index (κ3) is 4.26. The monoisotopic (exact) mass is 313 g/mol. The maximum atomic E-state index is 12.0. The van der Waals surface area contributed by atoms with E-state index in [-0.39, 0.29) is 24.3 Å². The molecule has 0 aliphatic heterocycles. The molecule has 2 N–H and O–H groups in total. The number of rotatable bonds is 7. The molecule has 1 fully saturated rings. The van der Waals surface area contributed by atoms with Gasteiger partial charge in [-0.25, -0.2) is 17.9 Å². The fourth-order valence-corrected chi connectivity index (χ4v) is 3.25. The number of esters is 1. The zero-order valence-electron chi connectivity index (χ0n) is 11.8. The van der Waals surface area contributed by atoms with Crippen molar-refractivity contribution in [3.63, 3.8) is 0 Å². The molecule has 2 rings (SSSR count). The average Bonchev–Trinajstić information content (AvgIpc) is 3.25. The van der Waals surface area contributed by atoms with Crippen LogP contribution in [0.5, 0.6) is 0 Å². The highest BCUT2D eigenvalue weighted by Crippen LogP contribution is 2.44. The van der Waals surface area contributed by atoms with Gasteiger partial charge in [0.25, 0.3) is 0 Å². The molecular weight excluding hydrogens is 294 g/mol. The van der Waals surface area contributed by atoms with Gasteiger partial charge in [0.1, 0.15) is 0 Å². The summed E-state index contributed by atoms with van der Waals surface area (Å²) < 4.78 is 31.2. The third-order valence-corrected chi connectivity index (χ3v) is 4.96. The van der Waals surface area contributed by atoms with Gasteiger partial charge in [-0.1, -0.05) is 12.1 Å². The number of hydrogen-bond acceptors (Lipinski definition) is 5. The van der Waals surface area contributed by atoms with Gasteiger partial charge in [0.2, 0.25) is 10.0 Å². The van der Waals surface area contributed by atoms with E-state index in [1.807, 2.05) is 0 Å². The number of nitrogens with one attached hydrogen (secondary N) is 1. The second kappa shape index (κ2) is 6.13. The minimum absolute atomic E-state index is 0.00660. The van der Waals surface area contributed by atoms with Crippen molar-refractivity contribution in [1.29, 1.82) is 0 Å². The Hall–Kier alpha value is -1.44. The Morgan fingerprint density at radius 2 is 2.14 bits per heavy atom. The number of hydrogen-bond donors (Lipinski definition) is 2. The Bertz CT molecular complexity index is 622. The van der Waals surface area contributed by atoms with Crippen molar-refractivity contribution in [2.45, 2.75) is 18.6 Å². The summed E-state index contributed by atoms with van der Waals surface area (Å²) in [6, 6.07) is 6.34. The predicted octanol–water partition coefficient (Wildman–Crippen LogP) is 0.665. The van der Waals surface area contributed by atoms with Crippen LogP contribution in [0.3, 0.4) is 0 Å². The van der Waals surface area contributed by atoms with Gasteiger partial charge in [0.15, 0.2) is 0 Å². The highest BCUT2D eigenvalue weighted by molar-refractivity contribution is 7.88. The second-order valence-electron chi connectivity index (χ2n) is 5.43. The first-order valence-electron chi connectivity index (χ1n) is 6.65. The molecule has 0 spiro atoms. The van der Waals surface area contributed by atoms with Gasteiger partial charge in [-0.15, -0.1) is 0 Å². The SMILES string of the molecule is COC(=O)c1cccc(CS(=O)(=O)NCC2(CO)CC2)c1. The largest absolute Gasteiger partial charge is 0.465 e. The Balaban J connectivity index is 2.01. The summed E-state index contributed by atoms with van der Waals surface area (Å²) in [7, 11) is -2.23. The fraction of sp³-hybridized carbons (Fsp3) is 0.500. The minimum atomic E-state index is -3.50. The summed E-state index contributed by atoms with van der Waals surface area (Å²) in [6.07, 6.45) is 1.67. The van der Waals surface area contributed by atoms with Gasteiger partial charge in [-0.2, -0.15) is 0 Å². The molecule has 0 radical (unpaired) electrons. The van der Waals surface area contributed by atoms with Crippen molar-refractivity contribution in [2.75, 3.05) is 20.3 Å². The Morgan fingerprint density at radius 3 is 2.71 bits per heavy atom. The quantitative estimate of drug-likeness (QED) is 0.722. The lowest BCUT2D eigenvalue weighted by Crippen LogP contribution is -2.32. The van der Waals surface area contributed by atoms with E-state index >= 15 is 0 Å². The number of aliphatic hydroxyl groups excluding tert-OH is 1. The van der Waals surface area contributed by atoms with E-state index in [1.165, 1.54) is 13.2 Å². The van der Waals surface area contributed by atoms with Gasteiger partial charge in [-0.05, 0) is 30.5 Å². The van der Waals surface area contributed by atoms with E-state index < -0.39 is 16.0 Å². The van der Waals surface area contributed by atoms with Crippen LogP contribution in [0.25, 0.3) is 0 Å². The van der Waals surface area contributed by atoms with Crippen LogP contribution in [0.4, 0.5) is 0 Å². The first kappa shape index (κ1) is 15.9. The average molecular weight is 313 g/mol. The maximum absolute atomic E-state index is 12.0. The first-order chi connectivity index (χ1) is 9.90. The lowest BCUT2D eigenvalue weighted by atomic mass is 10.1. The van der Waals surface area contributed by atoms with Gasteiger partial charge >= 0.3 is 5.97 Å². The summed E-state index contributed by atoms with van der Waals surface area (Å²) in [5.74, 6) is -0.710. The molecule has 0 atom stereocenters. The number of benzene rings is 1. The van der Waals surface area contributed by atoms with Crippen LogP contribution in [0.1, 0.15) is 28.8 Å². The van der Waals surface area contributed by atoms with Gasteiger partial charge in [-0.3, -0.25) is 0 Å². The van der Waals surface area contributed by atoms with Crippen LogP contribution >= 0.6 is 0 Å². The normalized spacial score (nSPS) is 16.5. The van der Waals surface area contributed by atoms with Crippen molar-refractivity contribution in [1.82, 2.24) is 4.72 Å². The van der Waals surface area contributed by atoms with Crippen molar-refractivity contribution in [3.05, 3.63) is 35.4 Å². The topological polar surface area (TPSA) is 92.7 Å². The Morgan fingerprint density at radius 1 is 1.43 bits per heavy atom. The Labute approximate surface area is 124 Å². The second-order valence-corrected chi connectivity index (χ2v) is 7.24. The number of ether oxygens (including phenoxy) is 1. The van der Waals surface area contributed by atoms with Crippen LogP contribution < -0.4 is 4.72 Å². The molecule has 0 saturated heterocycles. The molecule has 0 unspecified atom stereocenters. The van der Waals surface area contributed by atoms with Crippen LogP contribution in [0.2, 0.25) is 0 Å². The van der Waals surface area contributed by atoms with Crippen molar-refractivity contribution in [3.8, 4) is 0 Å². The third-order valence-electron chi connectivity index (χ3n) is 3.66. The van der Waals surface area contributed by atoms with E-state index in [4.69, 9.17) is 0 Å². The molecule has 1 aromatic carbocycles. The molecule has 7 heteroatoms. The van der Waals surface area contributed by atoms with Crippen LogP contribution in [0.15, 0.2) is 24.3 Å². The van der Waals surface area contributed by atoms with Crippen molar-refractivity contribution >= 4 is 16.0 Å². The molecule has 0 heterocycles. The summed E-state index contributed by atoms with van der Waals surface area (Å²) in [5.41, 5.74) is 0.555. The predicted molar refractivity (Wildman–Crippen MR) is 77.2 cm³/mol. The number of carbonyl (C=O) groups is 1. The maximum Gasteiger partial charge on any atom is 0.337 e. The van der Waals surface area contributed by atoms with Crippen molar-refractivity contribution < 1.29 is 23.1 Å². The highest BCUT2D eigenvalue weighted by atomic mass is 32.2. The van der Waals surface area contributed by atoms with E-state index in [2.05, 4.69) is 9.46 Å². The molecular formula is C14H19NO5S. The first-order valence-corrected chi connectivity index (χ1v) is 8.30. The number of aliphatic hydroxyl groups is 1.